The van der Waals surface area contributed by atoms with Gasteiger partial charge < -0.3 is 15.8 Å². The lowest BCUT2D eigenvalue weighted by Gasteiger charge is -2.15. The molecule has 1 amide bonds. The van der Waals surface area contributed by atoms with Crippen LogP contribution in [0.25, 0.3) is 32.6 Å². The number of primary amides is 1. The van der Waals surface area contributed by atoms with Crippen molar-refractivity contribution in [2.75, 3.05) is 11.9 Å². The van der Waals surface area contributed by atoms with Gasteiger partial charge in [-0.15, -0.1) is 11.3 Å². The Morgan fingerprint density at radius 3 is 2.65 bits per heavy atom. The van der Waals surface area contributed by atoms with Crippen LogP contribution in [0.15, 0.2) is 72.4 Å². The molecular weight excluding hydrogens is 487 g/mol. The van der Waals surface area contributed by atoms with E-state index in [2.05, 4.69) is 22.4 Å². The first-order valence-corrected chi connectivity index (χ1v) is 12.6. The molecule has 2 heterocycles. The number of anilines is 1. The molecule has 3 aromatic carbocycles. The van der Waals surface area contributed by atoms with Crippen LogP contribution < -0.4 is 15.8 Å². The van der Waals surface area contributed by atoms with Crippen molar-refractivity contribution in [2.45, 2.75) is 20.4 Å². The van der Waals surface area contributed by atoms with Gasteiger partial charge in [0.25, 0.3) is 5.91 Å². The molecule has 0 saturated heterocycles. The smallest absolute Gasteiger partial charge is 0.255 e. The first kappa shape index (κ1) is 24.4. The summed E-state index contributed by atoms with van der Waals surface area (Å²) in [5.41, 5.74) is 14.9. The highest BCUT2D eigenvalue weighted by molar-refractivity contribution is 7.16. The summed E-state index contributed by atoms with van der Waals surface area (Å²) in [5, 5.41) is 3.43. The van der Waals surface area contributed by atoms with Crippen LogP contribution in [-0.2, 0) is 11.3 Å². The highest BCUT2D eigenvalue weighted by atomic mass is 32.1. The van der Waals surface area contributed by atoms with Crippen LogP contribution in [0.3, 0.4) is 0 Å². The van der Waals surface area contributed by atoms with Gasteiger partial charge in [-0.2, -0.15) is 0 Å². The van der Waals surface area contributed by atoms with Gasteiger partial charge in [0, 0.05) is 17.7 Å². The quantitative estimate of drug-likeness (QED) is 0.256. The summed E-state index contributed by atoms with van der Waals surface area (Å²) in [6.07, 6.45) is 1.78. The van der Waals surface area contributed by atoms with Gasteiger partial charge in [0.15, 0.2) is 6.61 Å². The Balaban J connectivity index is 1.48. The zero-order chi connectivity index (χ0) is 25.9. The largest absolute Gasteiger partial charge is 0.484 e. The molecular formula is C29H25FN4O2S. The number of halogens is 1. The van der Waals surface area contributed by atoms with Crippen LogP contribution in [0, 0.1) is 19.7 Å². The Kier molecular flexibility index (Phi) is 6.83. The molecule has 5 aromatic rings. The standard InChI is InChI=1S/C29H25FN4O2S/c1-17-3-4-19(10-26(17)36-15-28(31)35)13-32-22-12-23(20-6-8-25-27(11-20)37-16-34-25)29(33-14-22)21-5-7-24(30)18(2)9-21/h3-12,14,16,32H,13,15H2,1-2H3,(H2,31,35). The van der Waals surface area contributed by atoms with E-state index >= 15 is 0 Å². The Hall–Kier alpha value is -4.30. The number of carbonyl (C=O) groups is 1. The summed E-state index contributed by atoms with van der Waals surface area (Å²) < 4.78 is 20.6. The monoisotopic (exact) mass is 512 g/mol. The molecule has 6 nitrogen and oxygen atoms in total. The molecule has 0 aliphatic carbocycles. The third-order valence-electron chi connectivity index (χ3n) is 6.08. The first-order valence-electron chi connectivity index (χ1n) is 11.7. The molecule has 0 aliphatic heterocycles. The number of nitrogens with one attached hydrogen (secondary N) is 1. The number of ether oxygens (including phenoxy) is 1. The molecule has 5 rings (SSSR count). The van der Waals surface area contributed by atoms with Gasteiger partial charge in [-0.1, -0.05) is 18.2 Å². The third kappa shape index (κ3) is 5.44. The Morgan fingerprint density at radius 2 is 1.84 bits per heavy atom. The Morgan fingerprint density at radius 1 is 1.00 bits per heavy atom. The molecule has 0 radical (unpaired) electrons. The molecule has 0 saturated carbocycles. The minimum Gasteiger partial charge on any atom is -0.484 e. The fourth-order valence-corrected chi connectivity index (χ4v) is 4.81. The predicted molar refractivity (Wildman–Crippen MR) is 146 cm³/mol. The van der Waals surface area contributed by atoms with E-state index in [1.165, 1.54) is 6.07 Å². The second-order valence-corrected chi connectivity index (χ2v) is 9.71. The highest BCUT2D eigenvalue weighted by Gasteiger charge is 2.13. The predicted octanol–water partition coefficient (Wildman–Crippen LogP) is 6.26. The zero-order valence-electron chi connectivity index (χ0n) is 20.4. The normalized spacial score (nSPS) is 11.0. The lowest BCUT2D eigenvalue weighted by atomic mass is 9.97. The number of thiazole rings is 1. The van der Waals surface area contributed by atoms with Crippen molar-refractivity contribution in [3.63, 3.8) is 0 Å². The lowest BCUT2D eigenvalue weighted by molar-refractivity contribution is -0.119. The van der Waals surface area contributed by atoms with Crippen LogP contribution in [0.2, 0.25) is 0 Å². The van der Waals surface area contributed by atoms with Crippen molar-refractivity contribution in [3.05, 3.63) is 94.9 Å². The van der Waals surface area contributed by atoms with E-state index in [1.54, 1.807) is 30.5 Å². The van der Waals surface area contributed by atoms with Crippen molar-refractivity contribution >= 4 is 33.1 Å². The maximum Gasteiger partial charge on any atom is 0.255 e. The van der Waals surface area contributed by atoms with Crippen molar-refractivity contribution in [1.82, 2.24) is 9.97 Å². The fraction of sp³-hybridized carbons (Fsp3) is 0.138. The summed E-state index contributed by atoms with van der Waals surface area (Å²) in [4.78, 5) is 20.3. The highest BCUT2D eigenvalue weighted by Crippen LogP contribution is 2.35. The lowest BCUT2D eigenvalue weighted by Crippen LogP contribution is -2.20. The van der Waals surface area contributed by atoms with E-state index < -0.39 is 5.91 Å². The molecule has 3 N–H and O–H groups in total. The molecule has 8 heteroatoms. The average molecular weight is 513 g/mol. The molecule has 0 spiro atoms. The van der Waals surface area contributed by atoms with Gasteiger partial charge in [0.05, 0.1) is 33.3 Å². The zero-order valence-corrected chi connectivity index (χ0v) is 21.2. The topological polar surface area (TPSA) is 90.1 Å². The molecule has 0 unspecified atom stereocenters. The molecule has 186 valence electrons. The van der Waals surface area contributed by atoms with E-state index in [9.17, 15) is 9.18 Å². The summed E-state index contributed by atoms with van der Waals surface area (Å²) >= 11 is 1.58. The number of hydrogen-bond acceptors (Lipinski definition) is 6. The van der Waals surface area contributed by atoms with E-state index in [4.69, 9.17) is 15.5 Å². The van der Waals surface area contributed by atoms with Crippen molar-refractivity contribution in [1.29, 1.82) is 0 Å². The van der Waals surface area contributed by atoms with Gasteiger partial charge in [-0.05, 0) is 78.6 Å². The maximum atomic E-state index is 14.0. The van der Waals surface area contributed by atoms with Crippen LogP contribution in [-0.4, -0.2) is 22.5 Å². The number of benzene rings is 3. The average Bonchev–Trinajstić information content (AvgIpc) is 3.37. The van der Waals surface area contributed by atoms with Gasteiger partial charge in [0.1, 0.15) is 11.6 Å². The summed E-state index contributed by atoms with van der Waals surface area (Å²) in [5.74, 6) is -0.141. The number of fused-ring (bicyclic) bond motifs is 1. The van der Waals surface area contributed by atoms with Gasteiger partial charge in [0.2, 0.25) is 0 Å². The van der Waals surface area contributed by atoms with E-state index in [0.717, 1.165) is 49.4 Å². The first-order chi connectivity index (χ1) is 17.9. The molecule has 0 fully saturated rings. The van der Waals surface area contributed by atoms with Gasteiger partial charge in [-0.25, -0.2) is 9.37 Å². The van der Waals surface area contributed by atoms with E-state index in [-0.39, 0.29) is 12.4 Å². The van der Waals surface area contributed by atoms with Crippen molar-refractivity contribution in [3.8, 4) is 28.1 Å². The molecule has 0 aliphatic rings. The maximum absolute atomic E-state index is 14.0. The third-order valence-corrected chi connectivity index (χ3v) is 6.87. The molecule has 0 atom stereocenters. The Bertz CT molecular complexity index is 1620. The number of carbonyl (C=O) groups excluding carboxylic acids is 1. The fourth-order valence-electron chi connectivity index (χ4n) is 4.09. The number of aryl methyl sites for hydroxylation is 2. The minimum absolute atomic E-state index is 0.167. The van der Waals surface area contributed by atoms with Crippen LogP contribution in [0.1, 0.15) is 16.7 Å². The SMILES string of the molecule is Cc1cc(-c2ncc(NCc3ccc(C)c(OCC(N)=O)c3)cc2-c2ccc3ncsc3c2)ccc1F. The summed E-state index contributed by atoms with van der Waals surface area (Å²) in [6.45, 7) is 4.02. The van der Waals surface area contributed by atoms with Crippen LogP contribution in [0.5, 0.6) is 5.75 Å². The molecule has 2 aromatic heterocycles. The van der Waals surface area contributed by atoms with Crippen molar-refractivity contribution in [2.24, 2.45) is 5.73 Å². The van der Waals surface area contributed by atoms with Crippen LogP contribution in [0.4, 0.5) is 10.1 Å². The van der Waals surface area contributed by atoms with Gasteiger partial charge in [-0.3, -0.25) is 9.78 Å². The second-order valence-electron chi connectivity index (χ2n) is 8.83. The number of pyridine rings is 1. The number of rotatable bonds is 8. The van der Waals surface area contributed by atoms with E-state index in [0.29, 0.717) is 17.9 Å². The van der Waals surface area contributed by atoms with Crippen molar-refractivity contribution < 1.29 is 13.9 Å². The summed E-state index contributed by atoms with van der Waals surface area (Å²) in [7, 11) is 0. The number of aromatic nitrogens is 2. The number of amides is 1. The summed E-state index contributed by atoms with van der Waals surface area (Å²) in [6, 6.07) is 19.1. The van der Waals surface area contributed by atoms with Gasteiger partial charge >= 0.3 is 0 Å². The second kappa shape index (κ2) is 10.4. The number of nitrogens with zero attached hydrogens (tertiary/aromatic N) is 2. The number of hydrogen-bond donors (Lipinski definition) is 2. The molecule has 37 heavy (non-hydrogen) atoms. The van der Waals surface area contributed by atoms with Crippen LogP contribution >= 0.6 is 11.3 Å². The van der Waals surface area contributed by atoms with E-state index in [1.807, 2.05) is 48.8 Å². The Labute approximate surface area is 218 Å². The number of nitrogens with two attached hydrogens (primary N) is 1. The molecule has 0 bridgehead atoms. The minimum atomic E-state index is -0.519.